The van der Waals surface area contributed by atoms with Crippen molar-refractivity contribution in [2.75, 3.05) is 19.6 Å². The minimum atomic E-state index is -0.585. The summed E-state index contributed by atoms with van der Waals surface area (Å²) in [6, 6.07) is 4.20. The van der Waals surface area contributed by atoms with Gasteiger partial charge in [0.1, 0.15) is 5.82 Å². The van der Waals surface area contributed by atoms with Crippen molar-refractivity contribution >= 4 is 27.7 Å². The minimum Gasteiger partial charge on any atom is -0.355 e. The molecule has 0 saturated heterocycles. The fraction of sp³-hybridized carbons (Fsp3) is 0.467. The van der Waals surface area contributed by atoms with E-state index in [-0.39, 0.29) is 18.0 Å². The molecular weight excluding hydrogens is 339 g/mol. The lowest BCUT2D eigenvalue weighted by Gasteiger charge is -2.22. The Morgan fingerprint density at radius 1 is 1.29 bits per heavy atom. The molecule has 0 saturated carbocycles. The van der Waals surface area contributed by atoms with Crippen LogP contribution in [0.3, 0.4) is 0 Å². The number of benzene rings is 1. The maximum atomic E-state index is 13.8. The van der Waals surface area contributed by atoms with Crippen molar-refractivity contribution in [1.82, 2.24) is 10.2 Å². The van der Waals surface area contributed by atoms with E-state index in [4.69, 9.17) is 0 Å². The molecule has 2 amide bonds. The van der Waals surface area contributed by atoms with E-state index in [1.165, 1.54) is 23.1 Å². The molecule has 6 heteroatoms. The Kier molecular flexibility index (Phi) is 7.36. The first kappa shape index (κ1) is 17.6. The van der Waals surface area contributed by atoms with Crippen molar-refractivity contribution in [1.29, 1.82) is 0 Å². The predicted octanol–water partition coefficient (Wildman–Crippen LogP) is 2.97. The summed E-state index contributed by atoms with van der Waals surface area (Å²) >= 11 is 3.22. The normalized spacial score (nSPS) is 10.3. The van der Waals surface area contributed by atoms with Crippen LogP contribution in [0.2, 0.25) is 0 Å². The van der Waals surface area contributed by atoms with E-state index >= 15 is 0 Å². The van der Waals surface area contributed by atoms with Gasteiger partial charge in [0.05, 0.1) is 12.1 Å². The Hall–Kier alpha value is -1.43. The highest BCUT2D eigenvalue weighted by atomic mass is 79.9. The number of amides is 2. The second-order valence-electron chi connectivity index (χ2n) is 4.70. The summed E-state index contributed by atoms with van der Waals surface area (Å²) in [6.45, 7) is 4.77. The Morgan fingerprint density at radius 2 is 2.00 bits per heavy atom. The van der Waals surface area contributed by atoms with Gasteiger partial charge in [-0.05, 0) is 31.0 Å². The highest BCUT2D eigenvalue weighted by Crippen LogP contribution is 2.17. The molecule has 0 atom stereocenters. The molecule has 0 aliphatic heterocycles. The summed E-state index contributed by atoms with van der Waals surface area (Å²) in [6.07, 6.45) is 1.52. The summed E-state index contributed by atoms with van der Waals surface area (Å²) in [7, 11) is 0. The number of rotatable bonds is 7. The van der Waals surface area contributed by atoms with Gasteiger partial charge in [-0.25, -0.2) is 4.39 Å². The van der Waals surface area contributed by atoms with E-state index < -0.39 is 11.7 Å². The second-order valence-corrected chi connectivity index (χ2v) is 5.62. The molecule has 21 heavy (non-hydrogen) atoms. The molecule has 1 N–H and O–H groups in total. The summed E-state index contributed by atoms with van der Waals surface area (Å²) in [4.78, 5) is 25.5. The van der Waals surface area contributed by atoms with E-state index in [0.29, 0.717) is 24.0 Å². The number of carbonyl (C=O) groups excluding carboxylic acids is 2. The summed E-state index contributed by atoms with van der Waals surface area (Å²) in [5.41, 5.74) is -0.0267. The Balaban J connectivity index is 2.86. The van der Waals surface area contributed by atoms with Crippen LogP contribution in [0.4, 0.5) is 4.39 Å². The lowest BCUT2D eigenvalue weighted by Crippen LogP contribution is -2.41. The Labute approximate surface area is 132 Å². The monoisotopic (exact) mass is 358 g/mol. The van der Waals surface area contributed by atoms with E-state index in [9.17, 15) is 14.0 Å². The Bertz CT molecular complexity index is 508. The lowest BCUT2D eigenvalue weighted by molar-refractivity contribution is -0.121. The third-order valence-electron chi connectivity index (χ3n) is 2.85. The zero-order chi connectivity index (χ0) is 15.8. The van der Waals surface area contributed by atoms with Crippen LogP contribution in [0.1, 0.15) is 37.0 Å². The number of nitrogens with one attached hydrogen (secondary N) is 1. The smallest absolute Gasteiger partial charge is 0.257 e. The molecule has 1 rings (SSSR count). The molecule has 0 fully saturated rings. The fourth-order valence-electron chi connectivity index (χ4n) is 1.85. The molecule has 4 nitrogen and oxygen atoms in total. The van der Waals surface area contributed by atoms with E-state index in [2.05, 4.69) is 21.2 Å². The van der Waals surface area contributed by atoms with E-state index in [0.717, 1.165) is 6.42 Å². The van der Waals surface area contributed by atoms with Gasteiger partial charge in [0.25, 0.3) is 5.91 Å². The van der Waals surface area contributed by atoms with Gasteiger partial charge in [0.2, 0.25) is 5.91 Å². The second kappa shape index (κ2) is 8.77. The molecule has 0 unspecified atom stereocenters. The van der Waals surface area contributed by atoms with E-state index in [1.54, 1.807) is 0 Å². The predicted molar refractivity (Wildman–Crippen MR) is 83.6 cm³/mol. The molecule has 1 aromatic rings. The molecule has 0 aliphatic rings. The molecule has 0 radical (unpaired) electrons. The molecule has 0 aliphatic carbocycles. The van der Waals surface area contributed by atoms with Gasteiger partial charge in [0, 0.05) is 17.6 Å². The molecule has 116 valence electrons. The standard InChI is InChI=1S/C15H20BrFN2O2/c1-3-7-18-14(20)10-19(8-4-2)15(21)12-9-11(16)5-6-13(12)17/h5-6,9H,3-4,7-8,10H2,1-2H3,(H,18,20). The van der Waals surface area contributed by atoms with Crippen molar-refractivity contribution < 1.29 is 14.0 Å². The van der Waals surface area contributed by atoms with Crippen LogP contribution < -0.4 is 5.32 Å². The molecular formula is C15H20BrFN2O2. The van der Waals surface area contributed by atoms with Gasteiger partial charge in [0.15, 0.2) is 0 Å². The molecule has 0 spiro atoms. The number of carbonyl (C=O) groups is 2. The molecule has 0 heterocycles. The van der Waals surface area contributed by atoms with Crippen molar-refractivity contribution in [3.8, 4) is 0 Å². The van der Waals surface area contributed by atoms with Crippen LogP contribution in [0, 0.1) is 5.82 Å². The first-order valence-corrected chi connectivity index (χ1v) is 7.79. The lowest BCUT2D eigenvalue weighted by atomic mass is 10.1. The van der Waals surface area contributed by atoms with Gasteiger partial charge < -0.3 is 10.2 Å². The largest absolute Gasteiger partial charge is 0.355 e. The van der Waals surface area contributed by atoms with Gasteiger partial charge >= 0.3 is 0 Å². The van der Waals surface area contributed by atoms with Crippen molar-refractivity contribution in [3.05, 3.63) is 34.1 Å². The summed E-state index contributed by atoms with van der Waals surface area (Å²) in [5.74, 6) is -1.28. The number of hydrogen-bond acceptors (Lipinski definition) is 2. The topological polar surface area (TPSA) is 49.4 Å². The third-order valence-corrected chi connectivity index (χ3v) is 3.34. The quantitative estimate of drug-likeness (QED) is 0.814. The fourth-order valence-corrected chi connectivity index (χ4v) is 2.21. The number of hydrogen-bond donors (Lipinski definition) is 1. The van der Waals surface area contributed by atoms with Crippen molar-refractivity contribution in [2.45, 2.75) is 26.7 Å². The maximum Gasteiger partial charge on any atom is 0.257 e. The van der Waals surface area contributed by atoms with Crippen molar-refractivity contribution in [3.63, 3.8) is 0 Å². The highest BCUT2D eigenvalue weighted by molar-refractivity contribution is 9.10. The van der Waals surface area contributed by atoms with Gasteiger partial charge in [-0.2, -0.15) is 0 Å². The maximum absolute atomic E-state index is 13.8. The average Bonchev–Trinajstić information content (AvgIpc) is 2.46. The summed E-state index contributed by atoms with van der Waals surface area (Å²) in [5, 5.41) is 2.72. The van der Waals surface area contributed by atoms with Gasteiger partial charge in [-0.15, -0.1) is 0 Å². The molecule has 0 aromatic heterocycles. The van der Waals surface area contributed by atoms with Gasteiger partial charge in [-0.1, -0.05) is 29.8 Å². The van der Waals surface area contributed by atoms with Gasteiger partial charge in [-0.3, -0.25) is 9.59 Å². The van der Waals surface area contributed by atoms with Crippen LogP contribution in [0.15, 0.2) is 22.7 Å². The van der Waals surface area contributed by atoms with Crippen LogP contribution in [-0.4, -0.2) is 36.3 Å². The Morgan fingerprint density at radius 3 is 2.62 bits per heavy atom. The zero-order valence-corrected chi connectivity index (χ0v) is 13.9. The number of halogens is 2. The average molecular weight is 359 g/mol. The third kappa shape index (κ3) is 5.46. The number of nitrogens with zero attached hydrogens (tertiary/aromatic N) is 1. The molecule has 1 aromatic carbocycles. The first-order chi connectivity index (χ1) is 9.99. The van der Waals surface area contributed by atoms with Crippen molar-refractivity contribution in [2.24, 2.45) is 0 Å². The highest BCUT2D eigenvalue weighted by Gasteiger charge is 2.21. The van der Waals surface area contributed by atoms with Crippen LogP contribution in [0.25, 0.3) is 0 Å². The summed E-state index contributed by atoms with van der Waals surface area (Å²) < 4.78 is 14.4. The first-order valence-electron chi connectivity index (χ1n) is 7.00. The molecule has 0 bridgehead atoms. The van der Waals surface area contributed by atoms with Crippen LogP contribution >= 0.6 is 15.9 Å². The van der Waals surface area contributed by atoms with Crippen LogP contribution in [-0.2, 0) is 4.79 Å². The van der Waals surface area contributed by atoms with E-state index in [1.807, 2.05) is 13.8 Å². The minimum absolute atomic E-state index is 0.0267. The van der Waals surface area contributed by atoms with Crippen LogP contribution in [0.5, 0.6) is 0 Å². The SMILES string of the molecule is CCCNC(=O)CN(CCC)C(=O)c1cc(Br)ccc1F. The zero-order valence-electron chi connectivity index (χ0n) is 12.3.